The number of rotatable bonds is 4. The first-order chi connectivity index (χ1) is 9.22. The van der Waals surface area contributed by atoms with Gasteiger partial charge in [0, 0.05) is 45.3 Å². The Morgan fingerprint density at radius 3 is 2.21 bits per heavy atom. The smallest absolute Gasteiger partial charge is 0.251 e. The molecule has 4 nitrogen and oxygen atoms in total. The van der Waals surface area contributed by atoms with Gasteiger partial charge in [0.05, 0.1) is 0 Å². The molecule has 1 fully saturated rings. The highest BCUT2D eigenvalue weighted by Crippen LogP contribution is 2.10. The molecule has 1 aromatic rings. The zero-order valence-electron chi connectivity index (χ0n) is 11.9. The molecule has 19 heavy (non-hydrogen) atoms. The van der Waals surface area contributed by atoms with Gasteiger partial charge in [-0.25, -0.2) is 0 Å². The summed E-state index contributed by atoms with van der Waals surface area (Å²) >= 11 is 0. The number of hydrogen-bond donors (Lipinski definition) is 1. The Morgan fingerprint density at radius 2 is 1.68 bits per heavy atom. The summed E-state index contributed by atoms with van der Waals surface area (Å²) in [6.07, 6.45) is 0. The Hall–Kier alpha value is -1.39. The van der Waals surface area contributed by atoms with Gasteiger partial charge in [-0.3, -0.25) is 9.69 Å². The van der Waals surface area contributed by atoms with E-state index in [9.17, 15) is 4.79 Å². The van der Waals surface area contributed by atoms with Crippen LogP contribution in [-0.4, -0.2) is 55.5 Å². The van der Waals surface area contributed by atoms with E-state index in [-0.39, 0.29) is 5.91 Å². The first-order valence-corrected chi connectivity index (χ1v) is 6.98. The van der Waals surface area contributed by atoms with Crippen molar-refractivity contribution in [1.82, 2.24) is 15.1 Å². The second-order valence-electron chi connectivity index (χ2n) is 4.99. The number of carbonyl (C=O) groups excluding carboxylic acids is 1. The minimum Gasteiger partial charge on any atom is -0.355 e. The number of benzene rings is 1. The fourth-order valence-corrected chi connectivity index (χ4v) is 2.43. The summed E-state index contributed by atoms with van der Waals surface area (Å²) in [5.41, 5.74) is 2.00. The molecular formula is C15H23N3O. The summed E-state index contributed by atoms with van der Waals surface area (Å²) in [7, 11) is 1.66. The summed E-state index contributed by atoms with van der Waals surface area (Å²) in [5.74, 6) is -0.0249. The lowest BCUT2D eigenvalue weighted by Crippen LogP contribution is -2.45. The summed E-state index contributed by atoms with van der Waals surface area (Å²) in [6.45, 7) is 8.92. The van der Waals surface area contributed by atoms with E-state index in [2.05, 4.69) is 34.2 Å². The van der Waals surface area contributed by atoms with Gasteiger partial charge in [0.25, 0.3) is 5.91 Å². The van der Waals surface area contributed by atoms with E-state index < -0.39 is 0 Å². The minimum atomic E-state index is -0.0249. The van der Waals surface area contributed by atoms with Crippen LogP contribution < -0.4 is 5.32 Å². The van der Waals surface area contributed by atoms with Crippen molar-refractivity contribution >= 4 is 5.91 Å². The molecular weight excluding hydrogens is 238 g/mol. The maximum Gasteiger partial charge on any atom is 0.251 e. The van der Waals surface area contributed by atoms with Crippen LogP contribution in [0.15, 0.2) is 24.3 Å². The molecule has 0 spiro atoms. The number of likely N-dealkylation sites (N-methyl/N-ethyl adjacent to an activating group) is 1. The Kier molecular flexibility index (Phi) is 4.93. The van der Waals surface area contributed by atoms with Crippen LogP contribution >= 0.6 is 0 Å². The highest BCUT2D eigenvalue weighted by molar-refractivity contribution is 5.93. The quantitative estimate of drug-likeness (QED) is 0.884. The predicted octanol–water partition coefficient (Wildman–Crippen LogP) is 1.18. The summed E-state index contributed by atoms with van der Waals surface area (Å²) in [5, 5.41) is 2.64. The number of carbonyl (C=O) groups is 1. The number of amides is 1. The van der Waals surface area contributed by atoms with Gasteiger partial charge in [-0.1, -0.05) is 19.1 Å². The molecule has 0 aliphatic carbocycles. The highest BCUT2D eigenvalue weighted by atomic mass is 16.1. The topological polar surface area (TPSA) is 35.6 Å². The van der Waals surface area contributed by atoms with Crippen LogP contribution in [0.2, 0.25) is 0 Å². The van der Waals surface area contributed by atoms with E-state index >= 15 is 0 Å². The van der Waals surface area contributed by atoms with Crippen LogP contribution in [0.5, 0.6) is 0 Å². The lowest BCUT2D eigenvalue weighted by atomic mass is 10.1. The van der Waals surface area contributed by atoms with E-state index in [1.807, 2.05) is 12.1 Å². The molecule has 0 unspecified atom stereocenters. The lowest BCUT2D eigenvalue weighted by molar-refractivity contribution is 0.0963. The largest absolute Gasteiger partial charge is 0.355 e. The molecule has 0 saturated carbocycles. The van der Waals surface area contributed by atoms with E-state index in [0.29, 0.717) is 0 Å². The normalized spacial score (nSPS) is 17.4. The first kappa shape index (κ1) is 14.0. The molecule has 1 saturated heterocycles. The van der Waals surface area contributed by atoms with Crippen LogP contribution in [0.4, 0.5) is 0 Å². The highest BCUT2D eigenvalue weighted by Gasteiger charge is 2.15. The van der Waals surface area contributed by atoms with E-state index in [1.54, 1.807) is 7.05 Å². The van der Waals surface area contributed by atoms with Crippen molar-refractivity contribution in [1.29, 1.82) is 0 Å². The van der Waals surface area contributed by atoms with Gasteiger partial charge in [-0.05, 0) is 24.2 Å². The predicted molar refractivity (Wildman–Crippen MR) is 77.2 cm³/mol. The molecule has 1 aromatic carbocycles. The molecule has 1 heterocycles. The van der Waals surface area contributed by atoms with Crippen LogP contribution in [0, 0.1) is 0 Å². The summed E-state index contributed by atoms with van der Waals surface area (Å²) in [4.78, 5) is 16.4. The van der Waals surface area contributed by atoms with E-state index in [0.717, 1.165) is 44.8 Å². The molecule has 0 radical (unpaired) electrons. The SMILES string of the molecule is CCN1CCN(Cc2ccc(C(=O)NC)cc2)CC1. The molecule has 1 aliphatic rings. The molecule has 1 aliphatic heterocycles. The molecule has 1 amide bonds. The number of piperazine rings is 1. The van der Waals surface area contributed by atoms with Gasteiger partial charge in [0.15, 0.2) is 0 Å². The second kappa shape index (κ2) is 6.68. The van der Waals surface area contributed by atoms with Gasteiger partial charge in [0.2, 0.25) is 0 Å². The maximum atomic E-state index is 11.5. The lowest BCUT2D eigenvalue weighted by Gasteiger charge is -2.34. The average molecular weight is 261 g/mol. The average Bonchev–Trinajstić information content (AvgIpc) is 2.48. The molecule has 0 bridgehead atoms. The third-order valence-corrected chi connectivity index (χ3v) is 3.76. The zero-order chi connectivity index (χ0) is 13.7. The molecule has 0 aromatic heterocycles. The van der Waals surface area contributed by atoms with Crippen LogP contribution in [0.1, 0.15) is 22.8 Å². The Balaban J connectivity index is 1.88. The number of nitrogens with one attached hydrogen (secondary N) is 1. The van der Waals surface area contributed by atoms with Gasteiger partial charge < -0.3 is 10.2 Å². The van der Waals surface area contributed by atoms with Crippen LogP contribution in [0.25, 0.3) is 0 Å². The van der Waals surface area contributed by atoms with Crippen molar-refractivity contribution < 1.29 is 4.79 Å². The fraction of sp³-hybridized carbons (Fsp3) is 0.533. The second-order valence-corrected chi connectivity index (χ2v) is 4.99. The van der Waals surface area contributed by atoms with Crippen molar-refractivity contribution in [2.45, 2.75) is 13.5 Å². The van der Waals surface area contributed by atoms with Gasteiger partial charge >= 0.3 is 0 Å². The number of nitrogens with zero attached hydrogens (tertiary/aromatic N) is 2. The third-order valence-electron chi connectivity index (χ3n) is 3.76. The van der Waals surface area contributed by atoms with E-state index in [1.165, 1.54) is 5.56 Å². The van der Waals surface area contributed by atoms with Crippen molar-refractivity contribution in [2.24, 2.45) is 0 Å². The van der Waals surface area contributed by atoms with Crippen molar-refractivity contribution in [3.05, 3.63) is 35.4 Å². The molecule has 2 rings (SSSR count). The van der Waals surface area contributed by atoms with Crippen molar-refractivity contribution in [3.8, 4) is 0 Å². The van der Waals surface area contributed by atoms with Gasteiger partial charge in [-0.2, -0.15) is 0 Å². The van der Waals surface area contributed by atoms with Crippen molar-refractivity contribution in [3.63, 3.8) is 0 Å². The minimum absolute atomic E-state index is 0.0249. The Labute approximate surface area is 115 Å². The number of hydrogen-bond acceptors (Lipinski definition) is 3. The van der Waals surface area contributed by atoms with E-state index in [4.69, 9.17) is 0 Å². The van der Waals surface area contributed by atoms with Crippen molar-refractivity contribution in [2.75, 3.05) is 39.8 Å². The Morgan fingerprint density at radius 1 is 1.11 bits per heavy atom. The monoisotopic (exact) mass is 261 g/mol. The standard InChI is InChI=1S/C15H23N3O/c1-3-17-8-10-18(11-9-17)12-13-4-6-14(7-5-13)15(19)16-2/h4-7H,3,8-12H2,1-2H3,(H,16,19). The summed E-state index contributed by atoms with van der Waals surface area (Å²) < 4.78 is 0. The van der Waals surface area contributed by atoms with Crippen LogP contribution in [0.3, 0.4) is 0 Å². The van der Waals surface area contributed by atoms with Gasteiger partial charge in [0.1, 0.15) is 0 Å². The summed E-state index contributed by atoms with van der Waals surface area (Å²) in [6, 6.07) is 7.90. The fourth-order valence-electron chi connectivity index (χ4n) is 2.43. The first-order valence-electron chi connectivity index (χ1n) is 6.98. The maximum absolute atomic E-state index is 11.5. The third kappa shape index (κ3) is 3.78. The molecule has 4 heteroatoms. The van der Waals surface area contributed by atoms with Gasteiger partial charge in [-0.15, -0.1) is 0 Å². The molecule has 0 atom stereocenters. The Bertz CT molecular complexity index is 408. The molecule has 104 valence electrons. The van der Waals surface area contributed by atoms with Crippen LogP contribution in [-0.2, 0) is 6.54 Å². The molecule has 1 N–H and O–H groups in total. The zero-order valence-corrected chi connectivity index (χ0v) is 11.9.